The van der Waals surface area contributed by atoms with Gasteiger partial charge < -0.3 is 15.0 Å². The lowest BCUT2D eigenvalue weighted by Gasteiger charge is -2.28. The van der Waals surface area contributed by atoms with Crippen LogP contribution in [0.15, 0.2) is 85.3 Å². The van der Waals surface area contributed by atoms with Gasteiger partial charge in [-0.3, -0.25) is 9.78 Å². The zero-order valence-corrected chi connectivity index (χ0v) is 19.4. The zero-order valence-electron chi connectivity index (χ0n) is 19.4. The number of benzene rings is 2. The highest BCUT2D eigenvalue weighted by Gasteiger charge is 2.12. The van der Waals surface area contributed by atoms with Gasteiger partial charge in [-0.15, -0.1) is 0 Å². The van der Waals surface area contributed by atoms with Gasteiger partial charge in [0, 0.05) is 61.5 Å². The third-order valence-electron chi connectivity index (χ3n) is 6.00. The largest absolute Gasteiger partial charge is 0.378 e. The first-order chi connectivity index (χ1) is 17.2. The number of amides is 1. The molecule has 0 atom stereocenters. The molecule has 0 unspecified atom stereocenters. The van der Waals surface area contributed by atoms with Gasteiger partial charge in [-0.2, -0.15) is 0 Å². The molecule has 0 bridgehead atoms. The minimum atomic E-state index is -0.121. The van der Waals surface area contributed by atoms with Crippen molar-refractivity contribution < 1.29 is 9.53 Å². The highest BCUT2D eigenvalue weighted by Crippen LogP contribution is 2.20. The van der Waals surface area contributed by atoms with Crippen molar-refractivity contribution in [2.24, 2.45) is 0 Å². The van der Waals surface area contributed by atoms with Gasteiger partial charge in [0.1, 0.15) is 5.82 Å². The van der Waals surface area contributed by atoms with Crippen LogP contribution in [-0.4, -0.2) is 47.2 Å². The Morgan fingerprint density at radius 1 is 0.914 bits per heavy atom. The smallest absolute Gasteiger partial charge is 0.251 e. The molecule has 1 N–H and O–H groups in total. The maximum atomic E-state index is 12.5. The number of ether oxygens (including phenoxy) is 1. The number of aromatic nitrogens is 3. The van der Waals surface area contributed by atoms with Crippen molar-refractivity contribution in [3.8, 4) is 11.3 Å². The number of carbonyl (C=O) groups is 1. The molecule has 1 amide bonds. The van der Waals surface area contributed by atoms with E-state index in [1.165, 1.54) is 11.3 Å². The topological polar surface area (TPSA) is 80.2 Å². The summed E-state index contributed by atoms with van der Waals surface area (Å²) in [4.78, 5) is 28.1. The van der Waals surface area contributed by atoms with Crippen LogP contribution in [0.3, 0.4) is 0 Å². The maximum absolute atomic E-state index is 12.5. The van der Waals surface area contributed by atoms with Gasteiger partial charge in [0.2, 0.25) is 0 Å². The molecule has 1 fully saturated rings. The molecule has 5 rings (SSSR count). The Hall–Kier alpha value is -4.10. The molecule has 0 aliphatic carbocycles. The van der Waals surface area contributed by atoms with Crippen LogP contribution in [0.5, 0.6) is 0 Å². The third kappa shape index (κ3) is 5.88. The van der Waals surface area contributed by atoms with E-state index < -0.39 is 0 Å². The molecule has 3 heterocycles. The lowest BCUT2D eigenvalue weighted by atomic mass is 10.1. The lowest BCUT2D eigenvalue weighted by Crippen LogP contribution is -2.36. The van der Waals surface area contributed by atoms with Crippen molar-refractivity contribution in [1.82, 2.24) is 20.3 Å². The molecule has 0 saturated carbocycles. The van der Waals surface area contributed by atoms with E-state index in [-0.39, 0.29) is 5.91 Å². The van der Waals surface area contributed by atoms with Crippen LogP contribution in [0.2, 0.25) is 0 Å². The molecule has 176 valence electrons. The molecule has 35 heavy (non-hydrogen) atoms. The van der Waals surface area contributed by atoms with E-state index >= 15 is 0 Å². The van der Waals surface area contributed by atoms with Gasteiger partial charge in [0.25, 0.3) is 5.91 Å². The van der Waals surface area contributed by atoms with Crippen molar-refractivity contribution in [2.45, 2.75) is 13.0 Å². The number of anilines is 1. The standard InChI is InChI=1S/C28H27N5O2/c34-28(31-20-22-2-1-12-29-19-22)24-7-5-23(6-8-24)26-11-13-30-27(32-26)18-21-3-9-25(10-4-21)33-14-16-35-17-15-33/h1-13,19H,14-18,20H2,(H,31,34). The van der Waals surface area contributed by atoms with E-state index in [1.54, 1.807) is 18.6 Å². The number of nitrogens with one attached hydrogen (secondary N) is 1. The van der Waals surface area contributed by atoms with Crippen LogP contribution in [-0.2, 0) is 17.7 Å². The minimum Gasteiger partial charge on any atom is -0.378 e. The van der Waals surface area contributed by atoms with Crippen LogP contribution in [0, 0.1) is 0 Å². The van der Waals surface area contributed by atoms with E-state index in [9.17, 15) is 4.79 Å². The zero-order chi connectivity index (χ0) is 23.9. The van der Waals surface area contributed by atoms with Gasteiger partial charge in [0.05, 0.1) is 18.9 Å². The fourth-order valence-corrected chi connectivity index (χ4v) is 4.05. The van der Waals surface area contributed by atoms with E-state index in [4.69, 9.17) is 9.72 Å². The number of morpholine rings is 1. The Bertz CT molecular complexity index is 1250. The molecule has 0 spiro atoms. The maximum Gasteiger partial charge on any atom is 0.251 e. The molecular formula is C28H27N5O2. The van der Waals surface area contributed by atoms with Gasteiger partial charge in [-0.25, -0.2) is 9.97 Å². The second-order valence-corrected chi connectivity index (χ2v) is 8.42. The summed E-state index contributed by atoms with van der Waals surface area (Å²) in [6, 6.07) is 21.7. The fourth-order valence-electron chi connectivity index (χ4n) is 4.05. The molecule has 0 radical (unpaired) electrons. The lowest BCUT2D eigenvalue weighted by molar-refractivity contribution is 0.0951. The minimum absolute atomic E-state index is 0.121. The summed E-state index contributed by atoms with van der Waals surface area (Å²) in [6.45, 7) is 3.85. The Kier molecular flexibility index (Phi) is 7.05. The van der Waals surface area contributed by atoms with Crippen molar-refractivity contribution in [2.75, 3.05) is 31.2 Å². The Morgan fingerprint density at radius 2 is 1.71 bits per heavy atom. The van der Waals surface area contributed by atoms with Gasteiger partial charge >= 0.3 is 0 Å². The number of rotatable bonds is 7. The number of carbonyl (C=O) groups excluding carboxylic acids is 1. The summed E-state index contributed by atoms with van der Waals surface area (Å²) in [5.74, 6) is 0.643. The highest BCUT2D eigenvalue weighted by atomic mass is 16.5. The van der Waals surface area contributed by atoms with Crippen LogP contribution >= 0.6 is 0 Å². The molecule has 7 nitrogen and oxygen atoms in total. The average Bonchev–Trinajstić information content (AvgIpc) is 2.93. The Balaban J connectivity index is 1.22. The monoisotopic (exact) mass is 465 g/mol. The first-order valence-corrected chi connectivity index (χ1v) is 11.8. The number of hydrogen-bond acceptors (Lipinski definition) is 6. The molecule has 1 aliphatic heterocycles. The van der Waals surface area contributed by atoms with Crippen molar-refractivity contribution in [3.63, 3.8) is 0 Å². The van der Waals surface area contributed by atoms with Gasteiger partial charge in [-0.1, -0.05) is 30.3 Å². The van der Waals surface area contributed by atoms with Crippen LogP contribution in [0.4, 0.5) is 5.69 Å². The summed E-state index contributed by atoms with van der Waals surface area (Å²) in [5, 5.41) is 2.92. The fraction of sp³-hybridized carbons (Fsp3) is 0.214. The van der Waals surface area contributed by atoms with Gasteiger partial charge in [0.15, 0.2) is 0 Å². The predicted molar refractivity (Wildman–Crippen MR) is 135 cm³/mol. The molecule has 1 aliphatic rings. The molecule has 4 aromatic rings. The van der Waals surface area contributed by atoms with Crippen LogP contribution in [0.1, 0.15) is 27.3 Å². The summed E-state index contributed by atoms with van der Waals surface area (Å²) in [5.41, 5.74) is 5.73. The molecule has 1 saturated heterocycles. The normalized spacial score (nSPS) is 13.4. The second kappa shape index (κ2) is 10.9. The summed E-state index contributed by atoms with van der Waals surface area (Å²) < 4.78 is 5.44. The van der Waals surface area contributed by atoms with E-state index in [0.717, 1.165) is 48.9 Å². The van der Waals surface area contributed by atoms with Crippen LogP contribution < -0.4 is 10.2 Å². The quantitative estimate of drug-likeness (QED) is 0.446. The summed E-state index contributed by atoms with van der Waals surface area (Å²) in [7, 11) is 0. The SMILES string of the molecule is O=C(NCc1cccnc1)c1ccc(-c2ccnc(Cc3ccc(N4CCOCC4)cc3)n2)cc1. The summed E-state index contributed by atoms with van der Waals surface area (Å²) >= 11 is 0. The molecule has 7 heteroatoms. The van der Waals surface area contributed by atoms with Crippen LogP contribution in [0.25, 0.3) is 11.3 Å². The second-order valence-electron chi connectivity index (χ2n) is 8.42. The Labute approximate surface area is 204 Å². The predicted octanol–water partition coefficient (Wildman–Crippen LogP) is 3.90. The first-order valence-electron chi connectivity index (χ1n) is 11.8. The van der Waals surface area contributed by atoms with Crippen molar-refractivity contribution in [3.05, 3.63) is 108 Å². The molecular weight excluding hydrogens is 438 g/mol. The van der Waals surface area contributed by atoms with E-state index in [2.05, 4.69) is 44.5 Å². The number of pyridine rings is 1. The van der Waals surface area contributed by atoms with E-state index in [0.29, 0.717) is 18.5 Å². The summed E-state index contributed by atoms with van der Waals surface area (Å²) in [6.07, 6.45) is 5.90. The van der Waals surface area contributed by atoms with Crippen molar-refractivity contribution in [1.29, 1.82) is 0 Å². The van der Waals surface area contributed by atoms with Gasteiger partial charge in [-0.05, 0) is 47.5 Å². The molecule has 2 aromatic heterocycles. The first kappa shape index (κ1) is 22.7. The Morgan fingerprint density at radius 3 is 2.46 bits per heavy atom. The number of nitrogens with zero attached hydrogens (tertiary/aromatic N) is 4. The third-order valence-corrected chi connectivity index (χ3v) is 6.00. The average molecular weight is 466 g/mol. The molecule has 2 aromatic carbocycles. The number of hydrogen-bond donors (Lipinski definition) is 1. The van der Waals surface area contributed by atoms with E-state index in [1.807, 2.05) is 42.5 Å². The van der Waals surface area contributed by atoms with Crippen molar-refractivity contribution >= 4 is 11.6 Å². The highest BCUT2D eigenvalue weighted by molar-refractivity contribution is 5.94.